The van der Waals surface area contributed by atoms with E-state index in [0.717, 1.165) is 12.0 Å². The highest BCUT2D eigenvalue weighted by atomic mass is 16.6. The number of H-pyrrole nitrogens is 1. The minimum atomic E-state index is -0.480. The predicted molar refractivity (Wildman–Crippen MR) is 78.2 cm³/mol. The molecule has 0 aliphatic rings. The molecule has 6 nitrogen and oxygen atoms in total. The number of carbonyl (C=O) groups excluding carboxylic acids is 1. The molecule has 2 rings (SSSR count). The van der Waals surface area contributed by atoms with E-state index in [-0.39, 0.29) is 12.3 Å². The number of nitrogens with one attached hydrogen (secondary N) is 1. The Morgan fingerprint density at radius 2 is 2.10 bits per heavy atom. The summed E-state index contributed by atoms with van der Waals surface area (Å²) < 4.78 is 5.04. The molecule has 6 heteroatoms. The topological polar surface area (TPSA) is 85.2 Å². The minimum absolute atomic E-state index is 0.0650. The van der Waals surface area contributed by atoms with Crippen LogP contribution in [0.3, 0.4) is 0 Å². The Labute approximate surface area is 121 Å². The summed E-state index contributed by atoms with van der Waals surface area (Å²) in [5.41, 5.74) is 2.02. The fourth-order valence-electron chi connectivity index (χ4n) is 2.14. The average Bonchev–Trinajstić information content (AvgIpc) is 2.96. The van der Waals surface area contributed by atoms with E-state index in [1.54, 1.807) is 19.1 Å². The van der Waals surface area contributed by atoms with Crippen LogP contribution < -0.4 is 0 Å². The molecule has 1 aromatic carbocycles. The van der Waals surface area contributed by atoms with E-state index in [1.807, 2.05) is 13.0 Å². The van der Waals surface area contributed by atoms with Gasteiger partial charge in [-0.2, -0.15) is 0 Å². The molecule has 0 aliphatic heterocycles. The van der Waals surface area contributed by atoms with Crippen LogP contribution in [0, 0.1) is 10.1 Å². The Bertz CT molecular complexity index is 676. The molecule has 1 heterocycles. The van der Waals surface area contributed by atoms with E-state index < -0.39 is 10.9 Å². The number of aromatic amines is 1. The smallest absolute Gasteiger partial charge is 0.338 e. The summed E-state index contributed by atoms with van der Waals surface area (Å²) >= 11 is 0. The van der Waals surface area contributed by atoms with E-state index in [4.69, 9.17) is 4.74 Å². The van der Waals surface area contributed by atoms with Crippen molar-refractivity contribution in [2.75, 3.05) is 6.61 Å². The molecule has 0 saturated carbocycles. The maximum atomic E-state index is 12.1. The standard InChI is InChI=1S/C15H16N2O4/c1-3-10-5-6-11(12(9-10)15(18)21-4-2)14-13(17(19)20)7-8-16-14/h5-9,16H,3-4H2,1-2H3. The van der Waals surface area contributed by atoms with Crippen LogP contribution in [0.15, 0.2) is 30.5 Å². The van der Waals surface area contributed by atoms with Gasteiger partial charge in [0.15, 0.2) is 0 Å². The molecule has 0 fully saturated rings. The maximum Gasteiger partial charge on any atom is 0.338 e. The summed E-state index contributed by atoms with van der Waals surface area (Å²) in [4.78, 5) is 25.5. The molecule has 0 atom stereocenters. The minimum Gasteiger partial charge on any atom is -0.462 e. The van der Waals surface area contributed by atoms with E-state index in [9.17, 15) is 14.9 Å². The highest BCUT2D eigenvalue weighted by molar-refractivity contribution is 5.98. The molecule has 1 aromatic heterocycles. The van der Waals surface area contributed by atoms with Gasteiger partial charge >= 0.3 is 5.97 Å². The van der Waals surface area contributed by atoms with Crippen molar-refractivity contribution in [3.63, 3.8) is 0 Å². The monoisotopic (exact) mass is 288 g/mol. The van der Waals surface area contributed by atoms with Gasteiger partial charge in [0.05, 0.1) is 17.1 Å². The summed E-state index contributed by atoms with van der Waals surface area (Å²) in [5, 5.41) is 11.1. The molecule has 0 bridgehead atoms. The van der Waals surface area contributed by atoms with E-state index in [0.29, 0.717) is 16.8 Å². The maximum absolute atomic E-state index is 12.1. The third-order valence-electron chi connectivity index (χ3n) is 3.18. The lowest BCUT2D eigenvalue weighted by Crippen LogP contribution is -2.07. The van der Waals surface area contributed by atoms with Gasteiger partial charge in [0.2, 0.25) is 0 Å². The molecule has 2 aromatic rings. The Balaban J connectivity index is 2.59. The van der Waals surface area contributed by atoms with Crippen molar-refractivity contribution in [3.05, 3.63) is 51.7 Å². The molecule has 0 saturated heterocycles. The molecule has 0 unspecified atom stereocenters. The van der Waals surface area contributed by atoms with Crippen molar-refractivity contribution in [1.29, 1.82) is 0 Å². The first-order valence-corrected chi connectivity index (χ1v) is 6.70. The van der Waals surface area contributed by atoms with Gasteiger partial charge in [0.1, 0.15) is 5.69 Å². The number of ether oxygens (including phenoxy) is 1. The number of aryl methyl sites for hydroxylation is 1. The first-order chi connectivity index (χ1) is 10.1. The summed E-state index contributed by atoms with van der Waals surface area (Å²) in [7, 11) is 0. The second kappa shape index (κ2) is 6.21. The number of nitro groups is 1. The molecule has 1 N–H and O–H groups in total. The number of carbonyl (C=O) groups is 1. The second-order valence-electron chi connectivity index (χ2n) is 4.45. The van der Waals surface area contributed by atoms with E-state index in [1.165, 1.54) is 12.3 Å². The SMILES string of the molecule is CCOC(=O)c1cc(CC)ccc1-c1[nH]ccc1[N+](=O)[O-]. The lowest BCUT2D eigenvalue weighted by molar-refractivity contribution is -0.384. The fourth-order valence-corrected chi connectivity index (χ4v) is 2.14. The van der Waals surface area contributed by atoms with Gasteiger partial charge < -0.3 is 9.72 Å². The van der Waals surface area contributed by atoms with Gasteiger partial charge in [0, 0.05) is 17.8 Å². The van der Waals surface area contributed by atoms with Crippen LogP contribution in [0.4, 0.5) is 5.69 Å². The van der Waals surface area contributed by atoms with Crippen LogP contribution in [0.25, 0.3) is 11.3 Å². The number of nitrogens with zero attached hydrogens (tertiary/aromatic N) is 1. The number of aromatic nitrogens is 1. The zero-order chi connectivity index (χ0) is 15.4. The Morgan fingerprint density at radius 3 is 2.71 bits per heavy atom. The largest absolute Gasteiger partial charge is 0.462 e. The molecule has 0 aliphatic carbocycles. The Hall–Kier alpha value is -2.63. The highest BCUT2D eigenvalue weighted by Crippen LogP contribution is 2.32. The first-order valence-electron chi connectivity index (χ1n) is 6.70. The average molecular weight is 288 g/mol. The molecule has 0 amide bonds. The van der Waals surface area contributed by atoms with Crippen LogP contribution in [0.2, 0.25) is 0 Å². The van der Waals surface area contributed by atoms with Crippen LogP contribution in [-0.2, 0) is 11.2 Å². The lowest BCUT2D eigenvalue weighted by Gasteiger charge is -2.09. The zero-order valence-electron chi connectivity index (χ0n) is 11.9. The van der Waals surface area contributed by atoms with Crippen LogP contribution >= 0.6 is 0 Å². The molecule has 0 radical (unpaired) electrons. The number of esters is 1. The van der Waals surface area contributed by atoms with Crippen LogP contribution in [-0.4, -0.2) is 22.5 Å². The van der Waals surface area contributed by atoms with Crippen molar-refractivity contribution in [3.8, 4) is 11.3 Å². The molecule has 21 heavy (non-hydrogen) atoms. The van der Waals surface area contributed by atoms with Crippen molar-refractivity contribution in [2.24, 2.45) is 0 Å². The number of hydrogen-bond acceptors (Lipinski definition) is 4. The Morgan fingerprint density at radius 1 is 1.33 bits per heavy atom. The van der Waals surface area contributed by atoms with Crippen molar-refractivity contribution >= 4 is 11.7 Å². The normalized spacial score (nSPS) is 10.4. The number of benzene rings is 1. The van der Waals surface area contributed by atoms with Gasteiger partial charge in [0.25, 0.3) is 5.69 Å². The van der Waals surface area contributed by atoms with E-state index >= 15 is 0 Å². The molecule has 110 valence electrons. The molecule has 0 spiro atoms. The van der Waals surface area contributed by atoms with E-state index in [2.05, 4.69) is 4.98 Å². The lowest BCUT2D eigenvalue weighted by atomic mass is 9.99. The van der Waals surface area contributed by atoms with Crippen molar-refractivity contribution < 1.29 is 14.5 Å². The van der Waals surface area contributed by atoms with Gasteiger partial charge in [-0.1, -0.05) is 19.1 Å². The quantitative estimate of drug-likeness (QED) is 0.519. The molecular weight excluding hydrogens is 272 g/mol. The van der Waals surface area contributed by atoms with Gasteiger partial charge in [-0.15, -0.1) is 0 Å². The summed E-state index contributed by atoms with van der Waals surface area (Å²) in [6.45, 7) is 3.95. The number of rotatable bonds is 5. The number of hydrogen-bond donors (Lipinski definition) is 1. The third kappa shape index (κ3) is 2.94. The summed E-state index contributed by atoms with van der Waals surface area (Å²) in [6.07, 6.45) is 2.25. The predicted octanol–water partition coefficient (Wildman–Crippen LogP) is 3.33. The van der Waals surface area contributed by atoms with Crippen molar-refractivity contribution in [1.82, 2.24) is 4.98 Å². The second-order valence-corrected chi connectivity index (χ2v) is 4.45. The fraction of sp³-hybridized carbons (Fsp3) is 0.267. The van der Waals surface area contributed by atoms with Gasteiger partial charge in [-0.3, -0.25) is 10.1 Å². The van der Waals surface area contributed by atoms with Crippen LogP contribution in [0.1, 0.15) is 29.8 Å². The zero-order valence-corrected chi connectivity index (χ0v) is 11.9. The highest BCUT2D eigenvalue weighted by Gasteiger charge is 2.22. The van der Waals surface area contributed by atoms with Crippen LogP contribution in [0.5, 0.6) is 0 Å². The summed E-state index contributed by atoms with van der Waals surface area (Å²) in [5.74, 6) is -0.480. The van der Waals surface area contributed by atoms with Crippen molar-refractivity contribution in [2.45, 2.75) is 20.3 Å². The molecular formula is C15H16N2O4. The van der Waals surface area contributed by atoms with Gasteiger partial charge in [-0.25, -0.2) is 4.79 Å². The van der Waals surface area contributed by atoms with Gasteiger partial charge in [-0.05, 0) is 25.0 Å². The third-order valence-corrected chi connectivity index (χ3v) is 3.18. The first kappa shape index (κ1) is 14.8. The Kier molecular flexibility index (Phi) is 4.37. The summed E-state index contributed by atoms with van der Waals surface area (Å²) in [6, 6.07) is 6.66.